The number of aromatic nitrogens is 1. The van der Waals surface area contributed by atoms with Crippen LogP contribution in [0.5, 0.6) is 0 Å². The largest absolute Gasteiger partial charge is 0.373 e. The summed E-state index contributed by atoms with van der Waals surface area (Å²) < 4.78 is 32.1. The molecule has 2 aromatic rings. The minimum absolute atomic E-state index is 0.0739. The van der Waals surface area contributed by atoms with Crippen molar-refractivity contribution >= 4 is 26.8 Å². The van der Waals surface area contributed by atoms with Gasteiger partial charge in [0.1, 0.15) is 0 Å². The summed E-state index contributed by atoms with van der Waals surface area (Å²) in [4.78, 5) is 15.7. The van der Waals surface area contributed by atoms with Crippen molar-refractivity contribution < 1.29 is 17.9 Å². The Kier molecular flexibility index (Phi) is 5.60. The molecular weight excluding hydrogens is 366 g/mol. The lowest BCUT2D eigenvalue weighted by Gasteiger charge is -2.34. The first-order valence-corrected chi connectivity index (χ1v) is 10.8. The topological polar surface area (TPSA) is 91.5 Å². The summed E-state index contributed by atoms with van der Waals surface area (Å²) in [5, 5.41) is 3.73. The summed E-state index contributed by atoms with van der Waals surface area (Å²) in [6.07, 6.45) is -0.254. The van der Waals surface area contributed by atoms with Crippen LogP contribution in [0.15, 0.2) is 18.2 Å². The van der Waals surface area contributed by atoms with Gasteiger partial charge in [-0.1, -0.05) is 0 Å². The van der Waals surface area contributed by atoms with Crippen molar-refractivity contribution in [2.75, 3.05) is 25.4 Å². The molecule has 0 radical (unpaired) electrons. The van der Waals surface area contributed by atoms with Crippen LogP contribution in [0.1, 0.15) is 35.5 Å². The van der Waals surface area contributed by atoms with Crippen LogP contribution in [0, 0.1) is 13.8 Å². The number of sulfonamides is 1. The third-order valence-corrected chi connectivity index (χ3v) is 6.80. The third-order valence-electron chi connectivity index (χ3n) is 5.00. The van der Waals surface area contributed by atoms with E-state index in [9.17, 15) is 13.2 Å². The third kappa shape index (κ3) is 4.34. The normalized spacial score (nSPS) is 21.5. The fourth-order valence-corrected chi connectivity index (χ4v) is 4.98. The Morgan fingerprint density at radius 2 is 1.93 bits per heavy atom. The Morgan fingerprint density at radius 1 is 1.26 bits per heavy atom. The molecule has 2 N–H and O–H groups in total. The SMILES string of the molecule is Cc1[nH]c2ccc(C(=O)NCCS(=O)(=O)N3CC(C)OC(C)C3)cc2c1C. The van der Waals surface area contributed by atoms with Crippen LogP contribution >= 0.6 is 0 Å². The van der Waals surface area contributed by atoms with E-state index in [2.05, 4.69) is 10.3 Å². The lowest BCUT2D eigenvalue weighted by atomic mass is 10.1. The van der Waals surface area contributed by atoms with Crippen LogP contribution in [0.2, 0.25) is 0 Å². The molecule has 7 nitrogen and oxygen atoms in total. The monoisotopic (exact) mass is 393 g/mol. The number of H-pyrrole nitrogens is 1. The molecular formula is C19H27N3O4S. The highest BCUT2D eigenvalue weighted by molar-refractivity contribution is 7.89. The van der Waals surface area contributed by atoms with E-state index in [0.717, 1.165) is 22.2 Å². The summed E-state index contributed by atoms with van der Waals surface area (Å²) in [6.45, 7) is 8.50. The highest BCUT2D eigenvalue weighted by Gasteiger charge is 2.30. The van der Waals surface area contributed by atoms with E-state index in [1.807, 2.05) is 39.8 Å². The number of hydrogen-bond acceptors (Lipinski definition) is 4. The van der Waals surface area contributed by atoms with Crippen LogP contribution < -0.4 is 5.32 Å². The zero-order chi connectivity index (χ0) is 19.8. The number of carbonyl (C=O) groups excluding carboxylic acids is 1. The number of hydrogen-bond donors (Lipinski definition) is 2. The van der Waals surface area contributed by atoms with Crippen molar-refractivity contribution in [2.24, 2.45) is 0 Å². The molecule has 1 saturated heterocycles. The highest BCUT2D eigenvalue weighted by Crippen LogP contribution is 2.22. The predicted molar refractivity (Wildman–Crippen MR) is 105 cm³/mol. The molecule has 0 bridgehead atoms. The maximum atomic E-state index is 12.5. The lowest BCUT2D eigenvalue weighted by Crippen LogP contribution is -2.49. The number of aromatic amines is 1. The molecule has 8 heteroatoms. The van der Waals surface area contributed by atoms with Crippen LogP contribution in [0.3, 0.4) is 0 Å². The van der Waals surface area contributed by atoms with Gasteiger partial charge in [-0.2, -0.15) is 4.31 Å². The molecule has 2 heterocycles. The van der Waals surface area contributed by atoms with Gasteiger partial charge in [0.15, 0.2) is 0 Å². The van der Waals surface area contributed by atoms with Crippen molar-refractivity contribution in [3.63, 3.8) is 0 Å². The molecule has 1 fully saturated rings. The Hall–Kier alpha value is -1.90. The van der Waals surface area contributed by atoms with E-state index in [1.165, 1.54) is 4.31 Å². The van der Waals surface area contributed by atoms with Gasteiger partial charge in [-0.3, -0.25) is 4.79 Å². The molecule has 1 aromatic heterocycles. The second-order valence-electron chi connectivity index (χ2n) is 7.28. The molecule has 0 saturated carbocycles. The van der Waals surface area contributed by atoms with Crippen LogP contribution in [0.4, 0.5) is 0 Å². The average molecular weight is 394 g/mol. The first kappa shape index (κ1) is 19.9. The molecule has 2 atom stereocenters. The van der Waals surface area contributed by atoms with Gasteiger partial charge in [0.05, 0.1) is 18.0 Å². The Morgan fingerprint density at radius 3 is 2.59 bits per heavy atom. The van der Waals surface area contributed by atoms with Crippen molar-refractivity contribution in [1.82, 2.24) is 14.6 Å². The minimum atomic E-state index is -3.43. The molecule has 2 unspecified atom stereocenters. The summed E-state index contributed by atoms with van der Waals surface area (Å²) >= 11 is 0. The molecule has 1 aromatic carbocycles. The Bertz CT molecular complexity index is 941. The first-order chi connectivity index (χ1) is 12.7. The molecule has 0 aliphatic carbocycles. The zero-order valence-electron chi connectivity index (χ0n) is 16.2. The maximum absolute atomic E-state index is 12.5. The van der Waals surface area contributed by atoms with Gasteiger partial charge < -0.3 is 15.0 Å². The number of nitrogens with zero attached hydrogens (tertiary/aromatic N) is 1. The van der Waals surface area contributed by atoms with Crippen LogP contribution in [-0.2, 0) is 14.8 Å². The second kappa shape index (κ2) is 7.61. The smallest absolute Gasteiger partial charge is 0.251 e. The number of amides is 1. The number of carbonyl (C=O) groups is 1. The van der Waals surface area contributed by atoms with Crippen molar-refractivity contribution in [3.8, 4) is 0 Å². The van der Waals surface area contributed by atoms with Crippen LogP contribution in [-0.4, -0.2) is 61.2 Å². The molecule has 1 aliphatic heterocycles. The maximum Gasteiger partial charge on any atom is 0.251 e. The predicted octanol–water partition coefficient (Wildman–Crippen LogP) is 1.95. The average Bonchev–Trinajstić information content (AvgIpc) is 2.88. The highest BCUT2D eigenvalue weighted by atomic mass is 32.2. The number of rotatable bonds is 5. The van der Waals surface area contributed by atoms with E-state index >= 15 is 0 Å². The van der Waals surface area contributed by atoms with Gasteiger partial charge in [-0.05, 0) is 51.5 Å². The fourth-order valence-electron chi connectivity index (χ4n) is 3.49. The van der Waals surface area contributed by atoms with E-state index in [4.69, 9.17) is 4.74 Å². The van der Waals surface area contributed by atoms with Crippen LogP contribution in [0.25, 0.3) is 10.9 Å². The quantitative estimate of drug-likeness (QED) is 0.812. The molecule has 27 heavy (non-hydrogen) atoms. The molecule has 148 valence electrons. The Balaban J connectivity index is 1.61. The van der Waals surface area contributed by atoms with E-state index in [1.54, 1.807) is 6.07 Å². The summed E-state index contributed by atoms with van der Waals surface area (Å²) in [6, 6.07) is 5.45. The standard InChI is InChI=1S/C19H27N3O4S/c1-12-10-22(11-13(2)26-12)27(24,25)8-7-20-19(23)16-5-6-18-17(9-16)14(3)15(4)21-18/h5-6,9,12-13,21H,7-8,10-11H2,1-4H3,(H,20,23). The number of nitrogens with one attached hydrogen (secondary N) is 2. The van der Waals surface area contributed by atoms with E-state index < -0.39 is 10.0 Å². The van der Waals surface area contributed by atoms with Gasteiger partial charge in [0, 0.05) is 41.8 Å². The van der Waals surface area contributed by atoms with Crippen molar-refractivity contribution in [2.45, 2.75) is 39.9 Å². The molecule has 1 aliphatic rings. The number of fused-ring (bicyclic) bond motifs is 1. The number of benzene rings is 1. The zero-order valence-corrected chi connectivity index (χ0v) is 17.0. The van der Waals surface area contributed by atoms with Crippen molar-refractivity contribution in [1.29, 1.82) is 0 Å². The van der Waals surface area contributed by atoms with E-state index in [-0.39, 0.29) is 30.4 Å². The molecule has 1 amide bonds. The minimum Gasteiger partial charge on any atom is -0.373 e. The fraction of sp³-hybridized carbons (Fsp3) is 0.526. The molecule has 3 rings (SSSR count). The molecule has 0 spiro atoms. The van der Waals surface area contributed by atoms with Gasteiger partial charge in [-0.25, -0.2) is 8.42 Å². The summed E-state index contributed by atoms with van der Waals surface area (Å²) in [5.41, 5.74) is 3.69. The first-order valence-electron chi connectivity index (χ1n) is 9.18. The second-order valence-corrected chi connectivity index (χ2v) is 9.37. The number of ether oxygens (including phenoxy) is 1. The Labute approximate surface area is 160 Å². The van der Waals surface area contributed by atoms with E-state index in [0.29, 0.717) is 18.7 Å². The van der Waals surface area contributed by atoms with Gasteiger partial charge in [0.25, 0.3) is 5.91 Å². The number of aryl methyl sites for hydroxylation is 2. The van der Waals surface area contributed by atoms with Gasteiger partial charge in [-0.15, -0.1) is 0 Å². The van der Waals surface area contributed by atoms with Gasteiger partial charge >= 0.3 is 0 Å². The van der Waals surface area contributed by atoms with Gasteiger partial charge in [0.2, 0.25) is 10.0 Å². The van der Waals surface area contributed by atoms with Crippen molar-refractivity contribution in [3.05, 3.63) is 35.0 Å². The number of morpholine rings is 1. The lowest BCUT2D eigenvalue weighted by molar-refractivity contribution is -0.0440. The summed E-state index contributed by atoms with van der Waals surface area (Å²) in [7, 11) is -3.43. The summed E-state index contributed by atoms with van der Waals surface area (Å²) in [5.74, 6) is -0.392.